The van der Waals surface area contributed by atoms with E-state index in [4.69, 9.17) is 8.83 Å². The molecule has 30 heavy (non-hydrogen) atoms. The van der Waals surface area contributed by atoms with Crippen LogP contribution < -0.4 is 4.90 Å². The highest BCUT2D eigenvalue weighted by atomic mass is 32.2. The molecule has 1 aliphatic rings. The van der Waals surface area contributed by atoms with Crippen LogP contribution in [0.2, 0.25) is 0 Å². The van der Waals surface area contributed by atoms with Crippen molar-refractivity contribution in [2.45, 2.75) is 29.7 Å². The second-order valence-electron chi connectivity index (χ2n) is 7.04. The average Bonchev–Trinajstić information content (AvgIpc) is 3.45. The number of carbonyl (C=O) groups excluding carboxylic acids is 1. The maximum atomic E-state index is 13.3. The lowest BCUT2D eigenvalue weighted by molar-refractivity contribution is -0.131. The molecule has 1 aromatic carbocycles. The van der Waals surface area contributed by atoms with Gasteiger partial charge in [0.15, 0.2) is 5.76 Å². The molecule has 0 atom stereocenters. The highest BCUT2D eigenvalue weighted by Gasteiger charge is 2.33. The highest BCUT2D eigenvalue weighted by Crippen LogP contribution is 2.35. The predicted molar refractivity (Wildman–Crippen MR) is 110 cm³/mol. The molecule has 0 saturated carbocycles. The molecule has 8 nitrogen and oxygen atoms in total. The van der Waals surface area contributed by atoms with E-state index < -0.39 is 9.84 Å². The molecule has 0 N–H and O–H groups in total. The third-order valence-corrected chi connectivity index (χ3v) is 6.67. The molecule has 1 fully saturated rings. The van der Waals surface area contributed by atoms with Gasteiger partial charge in [-0.1, -0.05) is 25.1 Å². The Labute approximate surface area is 175 Å². The lowest BCUT2D eigenvalue weighted by Crippen LogP contribution is -2.48. The number of oxazole rings is 1. The number of sulfone groups is 1. The van der Waals surface area contributed by atoms with Crippen molar-refractivity contribution in [3.63, 3.8) is 0 Å². The van der Waals surface area contributed by atoms with E-state index in [1.54, 1.807) is 35.2 Å². The van der Waals surface area contributed by atoms with Gasteiger partial charge in [-0.15, -0.1) is 0 Å². The van der Waals surface area contributed by atoms with Crippen LogP contribution in [0.4, 0.5) is 5.88 Å². The molecule has 0 aliphatic carbocycles. The van der Waals surface area contributed by atoms with Gasteiger partial charge in [-0.05, 0) is 30.7 Å². The second-order valence-corrected chi connectivity index (χ2v) is 8.91. The Morgan fingerprint density at radius 2 is 1.80 bits per heavy atom. The Kier molecular flexibility index (Phi) is 5.63. The summed E-state index contributed by atoms with van der Waals surface area (Å²) in [5.74, 6) is 0.743. The fourth-order valence-corrected chi connectivity index (χ4v) is 4.76. The van der Waals surface area contributed by atoms with E-state index in [-0.39, 0.29) is 27.6 Å². The molecular weight excluding hydrogens is 406 g/mol. The summed E-state index contributed by atoms with van der Waals surface area (Å²) < 4.78 is 37.8. The number of carbonyl (C=O) groups is 1. The quantitative estimate of drug-likeness (QED) is 0.593. The highest BCUT2D eigenvalue weighted by molar-refractivity contribution is 7.91. The molecular formula is C21H23N3O5S. The van der Waals surface area contributed by atoms with Crippen LogP contribution in [0.5, 0.6) is 0 Å². The number of nitrogens with zero attached hydrogens (tertiary/aromatic N) is 3. The van der Waals surface area contributed by atoms with Crippen molar-refractivity contribution < 1.29 is 22.0 Å². The van der Waals surface area contributed by atoms with Crippen LogP contribution in [0.15, 0.2) is 67.5 Å². The van der Waals surface area contributed by atoms with Gasteiger partial charge in [0.2, 0.25) is 26.7 Å². The van der Waals surface area contributed by atoms with Gasteiger partial charge in [0.25, 0.3) is 5.89 Å². The zero-order chi connectivity index (χ0) is 21.1. The Balaban J connectivity index is 1.68. The lowest BCUT2D eigenvalue weighted by Gasteiger charge is -2.34. The van der Waals surface area contributed by atoms with Crippen molar-refractivity contribution >= 4 is 21.6 Å². The van der Waals surface area contributed by atoms with Crippen LogP contribution in [0.3, 0.4) is 0 Å². The second kappa shape index (κ2) is 8.35. The SMILES string of the molecule is CCCC(=O)N1CCN(c2oc(-c3ccco3)nc2S(=O)(=O)c2ccccc2)CC1. The number of aromatic nitrogens is 1. The first-order chi connectivity index (χ1) is 14.5. The summed E-state index contributed by atoms with van der Waals surface area (Å²) in [5.41, 5.74) is 0. The van der Waals surface area contributed by atoms with Gasteiger partial charge in [0.1, 0.15) is 0 Å². The Morgan fingerprint density at radius 3 is 2.43 bits per heavy atom. The summed E-state index contributed by atoms with van der Waals surface area (Å²) in [4.78, 5) is 20.2. The number of hydrogen-bond donors (Lipinski definition) is 0. The van der Waals surface area contributed by atoms with Crippen LogP contribution in [0.1, 0.15) is 19.8 Å². The van der Waals surface area contributed by atoms with E-state index in [0.29, 0.717) is 38.4 Å². The normalized spacial score (nSPS) is 14.8. The van der Waals surface area contributed by atoms with E-state index in [1.165, 1.54) is 18.4 Å². The first-order valence-electron chi connectivity index (χ1n) is 9.88. The molecule has 158 valence electrons. The van der Waals surface area contributed by atoms with Gasteiger partial charge < -0.3 is 18.6 Å². The van der Waals surface area contributed by atoms with Crippen LogP contribution in [0.25, 0.3) is 11.7 Å². The summed E-state index contributed by atoms with van der Waals surface area (Å²) in [5, 5.41) is -0.145. The number of furan rings is 1. The standard InChI is InChI=1S/C21H23N3O5S/c1-2-7-18(25)23-11-13-24(14-12-23)21-20(22-19(29-21)17-10-6-15-28-17)30(26,27)16-8-4-3-5-9-16/h3-6,8-10,15H,2,7,11-14H2,1H3. The Hall–Kier alpha value is -3.07. The van der Waals surface area contributed by atoms with Gasteiger partial charge in [-0.25, -0.2) is 8.42 Å². The zero-order valence-corrected chi connectivity index (χ0v) is 17.5. The predicted octanol–water partition coefficient (Wildman–Crippen LogP) is 3.22. The minimum atomic E-state index is -3.90. The van der Waals surface area contributed by atoms with Crippen molar-refractivity contribution in [3.8, 4) is 11.7 Å². The molecule has 0 unspecified atom stereocenters. The number of hydrogen-bond acceptors (Lipinski definition) is 7. The molecule has 0 radical (unpaired) electrons. The number of rotatable bonds is 6. The van der Waals surface area contributed by atoms with Gasteiger partial charge in [0, 0.05) is 32.6 Å². The summed E-state index contributed by atoms with van der Waals surface area (Å²) >= 11 is 0. The Morgan fingerprint density at radius 1 is 1.07 bits per heavy atom. The number of anilines is 1. The third kappa shape index (κ3) is 3.85. The minimum Gasteiger partial charge on any atom is -0.459 e. The summed E-state index contributed by atoms with van der Waals surface area (Å²) in [6.45, 7) is 3.89. The van der Waals surface area contributed by atoms with Crippen molar-refractivity contribution in [1.29, 1.82) is 0 Å². The molecule has 9 heteroatoms. The van der Waals surface area contributed by atoms with Gasteiger partial charge in [0.05, 0.1) is 11.2 Å². The first-order valence-corrected chi connectivity index (χ1v) is 11.4. The number of piperazine rings is 1. The number of benzene rings is 1. The van der Waals surface area contributed by atoms with Crippen LogP contribution in [-0.2, 0) is 14.6 Å². The topological polar surface area (TPSA) is 96.9 Å². The van der Waals surface area contributed by atoms with Crippen molar-refractivity contribution in [1.82, 2.24) is 9.88 Å². The van der Waals surface area contributed by atoms with E-state index in [1.807, 2.05) is 11.8 Å². The first kappa shape index (κ1) is 20.2. The van der Waals surface area contributed by atoms with Gasteiger partial charge in [-0.2, -0.15) is 4.98 Å². The molecule has 1 saturated heterocycles. The molecule has 3 heterocycles. The molecule has 3 aromatic rings. The van der Waals surface area contributed by atoms with E-state index >= 15 is 0 Å². The molecule has 0 spiro atoms. The van der Waals surface area contributed by atoms with Crippen LogP contribution in [-0.4, -0.2) is 50.4 Å². The van der Waals surface area contributed by atoms with E-state index in [9.17, 15) is 13.2 Å². The Bertz CT molecular complexity index is 1100. The van der Waals surface area contributed by atoms with Crippen LogP contribution >= 0.6 is 0 Å². The molecule has 2 aromatic heterocycles. The summed E-state index contributed by atoms with van der Waals surface area (Å²) in [6.07, 6.45) is 2.79. The van der Waals surface area contributed by atoms with Crippen molar-refractivity contribution in [2.24, 2.45) is 0 Å². The van der Waals surface area contributed by atoms with Gasteiger partial charge in [-0.3, -0.25) is 4.79 Å². The van der Waals surface area contributed by atoms with Crippen molar-refractivity contribution in [2.75, 3.05) is 31.1 Å². The average molecular weight is 429 g/mol. The monoisotopic (exact) mass is 429 g/mol. The van der Waals surface area contributed by atoms with E-state index in [0.717, 1.165) is 6.42 Å². The summed E-state index contributed by atoms with van der Waals surface area (Å²) in [6, 6.07) is 11.5. The fraction of sp³-hybridized carbons (Fsp3) is 0.333. The third-order valence-electron chi connectivity index (χ3n) is 5.00. The van der Waals surface area contributed by atoms with E-state index in [2.05, 4.69) is 4.98 Å². The maximum Gasteiger partial charge on any atom is 0.266 e. The zero-order valence-electron chi connectivity index (χ0n) is 16.7. The maximum absolute atomic E-state index is 13.3. The fourth-order valence-electron chi connectivity index (χ4n) is 3.42. The molecule has 1 amide bonds. The van der Waals surface area contributed by atoms with Crippen molar-refractivity contribution in [3.05, 3.63) is 48.7 Å². The smallest absolute Gasteiger partial charge is 0.266 e. The number of amides is 1. The summed E-state index contributed by atoms with van der Waals surface area (Å²) in [7, 11) is -3.90. The van der Waals surface area contributed by atoms with Gasteiger partial charge >= 0.3 is 0 Å². The molecule has 1 aliphatic heterocycles. The van der Waals surface area contributed by atoms with Crippen LogP contribution in [0, 0.1) is 0 Å². The lowest BCUT2D eigenvalue weighted by atomic mass is 10.2. The largest absolute Gasteiger partial charge is 0.459 e. The minimum absolute atomic E-state index is 0.106. The molecule has 4 rings (SSSR count). The molecule has 0 bridgehead atoms.